The maximum atomic E-state index is 11.8. The van der Waals surface area contributed by atoms with Crippen LogP contribution in [0.1, 0.15) is 19.4 Å². The topological polar surface area (TPSA) is 111 Å². The van der Waals surface area contributed by atoms with Gasteiger partial charge in [0, 0.05) is 34.6 Å². The van der Waals surface area contributed by atoms with Crippen molar-refractivity contribution in [2.75, 3.05) is 23.5 Å². The van der Waals surface area contributed by atoms with Crippen molar-refractivity contribution >= 4 is 27.2 Å². The van der Waals surface area contributed by atoms with Crippen molar-refractivity contribution in [3.05, 3.63) is 60.3 Å². The summed E-state index contributed by atoms with van der Waals surface area (Å²) in [5.74, 6) is 1.02. The lowest BCUT2D eigenvalue weighted by molar-refractivity contribution is 0.281. The average molecular weight is 426 g/mol. The Labute approximate surface area is 177 Å². The molecule has 2 aromatic carbocycles. The zero-order valence-corrected chi connectivity index (χ0v) is 18.2. The van der Waals surface area contributed by atoms with Crippen LogP contribution >= 0.6 is 0 Å². The summed E-state index contributed by atoms with van der Waals surface area (Å²) in [4.78, 5) is 9.52. The van der Waals surface area contributed by atoms with Crippen LogP contribution < -0.4 is 10.6 Å². The highest BCUT2D eigenvalue weighted by Crippen LogP contribution is 2.28. The Morgan fingerprint density at radius 2 is 1.80 bits per heavy atom. The molecule has 1 aromatic heterocycles. The molecule has 7 nitrogen and oxygen atoms in total. The number of aromatic nitrogens is 2. The van der Waals surface area contributed by atoms with E-state index in [0.717, 1.165) is 23.2 Å². The van der Waals surface area contributed by atoms with Gasteiger partial charge in [-0.15, -0.1) is 0 Å². The van der Waals surface area contributed by atoms with Crippen LogP contribution in [-0.2, 0) is 16.1 Å². The molecule has 0 radical (unpaired) electrons. The molecule has 3 rings (SSSR count). The molecule has 30 heavy (non-hydrogen) atoms. The lowest BCUT2D eigenvalue weighted by Crippen LogP contribution is -2.21. The summed E-state index contributed by atoms with van der Waals surface area (Å²) < 4.78 is 19.5. The highest BCUT2D eigenvalue weighted by atomic mass is 32.2. The smallest absolute Gasteiger partial charge is 0.229 e. The number of hydrogen-bond donors (Lipinski definition) is 4. The molecule has 0 amide bonds. The first kappa shape index (κ1) is 21.7. The van der Waals surface area contributed by atoms with Crippen molar-refractivity contribution < 1.29 is 9.32 Å². The van der Waals surface area contributed by atoms with Gasteiger partial charge in [-0.1, -0.05) is 31.2 Å². The minimum absolute atomic E-state index is 0.0220. The zero-order valence-electron chi connectivity index (χ0n) is 17.3. The third kappa shape index (κ3) is 5.34. The highest BCUT2D eigenvalue weighted by molar-refractivity contribution is 7.91. The Morgan fingerprint density at radius 3 is 2.37 bits per heavy atom. The predicted molar refractivity (Wildman–Crippen MR) is 122 cm³/mol. The van der Waals surface area contributed by atoms with Crippen molar-refractivity contribution in [3.8, 4) is 11.1 Å². The second-order valence-electron chi connectivity index (χ2n) is 7.23. The average Bonchev–Trinajstić information content (AvgIpc) is 2.74. The fourth-order valence-corrected chi connectivity index (χ4v) is 3.54. The predicted octanol–water partition coefficient (Wildman–Crippen LogP) is 4.28. The molecule has 3 aromatic rings. The Morgan fingerprint density at radius 1 is 1.13 bits per heavy atom. The van der Waals surface area contributed by atoms with Gasteiger partial charge >= 0.3 is 0 Å². The maximum Gasteiger partial charge on any atom is 0.229 e. The molecule has 158 valence electrons. The number of nitrogens with one attached hydrogen (secondary N) is 3. The highest BCUT2D eigenvalue weighted by Gasteiger charge is 2.12. The standard InChI is InChI=1S/C22H27N5O2S/c1-4-16-5-7-17(8-6-16)20-13-24-22(27-21(20)25-15(2)14-28)26-18-9-11-19(12-10-18)30(3,23)29/h5-13,15,23,28H,4,14H2,1-3H3,(H2,24,25,26,27)/t15-,30?/m1/s1. The lowest BCUT2D eigenvalue weighted by atomic mass is 10.0. The maximum absolute atomic E-state index is 11.8. The summed E-state index contributed by atoms with van der Waals surface area (Å²) in [6.07, 6.45) is 4.11. The first-order chi connectivity index (χ1) is 14.3. The summed E-state index contributed by atoms with van der Waals surface area (Å²) >= 11 is 0. The van der Waals surface area contributed by atoms with E-state index in [-0.39, 0.29) is 12.6 Å². The van der Waals surface area contributed by atoms with Crippen LogP contribution in [-0.4, -0.2) is 38.2 Å². The molecule has 1 heterocycles. The van der Waals surface area contributed by atoms with Crippen molar-refractivity contribution in [2.24, 2.45) is 0 Å². The molecule has 0 saturated heterocycles. The Balaban J connectivity index is 1.91. The van der Waals surface area contributed by atoms with E-state index >= 15 is 0 Å². The molecule has 0 bridgehead atoms. The largest absolute Gasteiger partial charge is 0.394 e. The van der Waals surface area contributed by atoms with Crippen LogP contribution in [0.15, 0.2) is 59.6 Å². The van der Waals surface area contributed by atoms with Gasteiger partial charge in [0.2, 0.25) is 5.95 Å². The van der Waals surface area contributed by atoms with Gasteiger partial charge in [0.25, 0.3) is 0 Å². The van der Waals surface area contributed by atoms with Crippen LogP contribution in [0.3, 0.4) is 0 Å². The van der Waals surface area contributed by atoms with Crippen molar-refractivity contribution in [3.63, 3.8) is 0 Å². The number of aliphatic hydroxyl groups excluding tert-OH is 1. The van der Waals surface area contributed by atoms with E-state index in [1.807, 2.05) is 19.1 Å². The molecule has 0 saturated carbocycles. The summed E-state index contributed by atoms with van der Waals surface area (Å²) in [6.45, 7) is 3.97. The minimum Gasteiger partial charge on any atom is -0.394 e. The first-order valence-corrected chi connectivity index (χ1v) is 11.7. The number of benzene rings is 2. The van der Waals surface area contributed by atoms with Gasteiger partial charge in [-0.3, -0.25) is 0 Å². The van der Waals surface area contributed by atoms with Crippen LogP contribution in [0.2, 0.25) is 0 Å². The van der Waals surface area contributed by atoms with E-state index < -0.39 is 9.73 Å². The van der Waals surface area contributed by atoms with Crippen LogP contribution in [0.25, 0.3) is 11.1 Å². The van der Waals surface area contributed by atoms with E-state index in [4.69, 9.17) is 4.78 Å². The molecule has 0 spiro atoms. The second kappa shape index (κ2) is 9.23. The van der Waals surface area contributed by atoms with Gasteiger partial charge in [-0.25, -0.2) is 14.0 Å². The third-order valence-electron chi connectivity index (χ3n) is 4.68. The fraction of sp³-hybridized carbons (Fsp3) is 0.273. The van der Waals surface area contributed by atoms with Gasteiger partial charge in [0.1, 0.15) is 5.82 Å². The third-order valence-corrected chi connectivity index (χ3v) is 5.85. The Hall–Kier alpha value is -2.97. The van der Waals surface area contributed by atoms with Gasteiger partial charge in [0.15, 0.2) is 0 Å². The normalized spacial score (nSPS) is 14.0. The Bertz CT molecular complexity index is 1100. The molecule has 1 unspecified atom stereocenters. The van der Waals surface area contributed by atoms with Crippen molar-refractivity contribution in [2.45, 2.75) is 31.2 Å². The van der Waals surface area contributed by atoms with Gasteiger partial charge in [0.05, 0.1) is 16.3 Å². The monoisotopic (exact) mass is 425 g/mol. The van der Waals surface area contributed by atoms with E-state index in [1.54, 1.807) is 30.5 Å². The molecule has 4 N–H and O–H groups in total. The number of aryl methyl sites for hydroxylation is 1. The summed E-state index contributed by atoms with van der Waals surface area (Å²) in [5, 5.41) is 15.8. The summed E-state index contributed by atoms with van der Waals surface area (Å²) in [5.41, 5.74) is 3.81. The second-order valence-corrected chi connectivity index (χ2v) is 9.39. The number of anilines is 3. The minimum atomic E-state index is -2.75. The van der Waals surface area contributed by atoms with E-state index in [1.165, 1.54) is 11.8 Å². The fourth-order valence-electron chi connectivity index (χ4n) is 2.89. The molecule has 0 fully saturated rings. The number of nitrogens with zero attached hydrogens (tertiary/aromatic N) is 2. The van der Waals surface area contributed by atoms with E-state index in [9.17, 15) is 9.32 Å². The molecular formula is C22H27N5O2S. The summed E-state index contributed by atoms with van der Waals surface area (Å²) in [7, 11) is -2.75. The molecule has 0 aliphatic heterocycles. The Kier molecular flexibility index (Phi) is 6.69. The molecular weight excluding hydrogens is 398 g/mol. The van der Waals surface area contributed by atoms with Crippen molar-refractivity contribution in [1.82, 2.24) is 9.97 Å². The van der Waals surface area contributed by atoms with Crippen LogP contribution in [0, 0.1) is 4.78 Å². The molecule has 0 aliphatic rings. The first-order valence-electron chi connectivity index (χ1n) is 9.74. The van der Waals surface area contributed by atoms with Crippen LogP contribution in [0.4, 0.5) is 17.5 Å². The number of rotatable bonds is 8. The molecule has 0 aliphatic carbocycles. The zero-order chi connectivity index (χ0) is 21.7. The molecule has 2 atom stereocenters. The van der Waals surface area contributed by atoms with Crippen LogP contribution in [0.5, 0.6) is 0 Å². The van der Waals surface area contributed by atoms with E-state index in [2.05, 4.69) is 39.7 Å². The quantitative estimate of drug-likeness (QED) is 0.429. The SMILES string of the molecule is CCc1ccc(-c2cnc(Nc3ccc(S(C)(=N)=O)cc3)nc2N[C@H](C)CO)cc1. The van der Waals surface area contributed by atoms with Crippen molar-refractivity contribution in [1.29, 1.82) is 4.78 Å². The summed E-state index contributed by atoms with van der Waals surface area (Å²) in [6, 6.07) is 14.9. The lowest BCUT2D eigenvalue weighted by Gasteiger charge is -2.17. The van der Waals surface area contributed by atoms with Gasteiger partial charge in [-0.05, 0) is 48.7 Å². The van der Waals surface area contributed by atoms with Gasteiger partial charge < -0.3 is 15.7 Å². The molecule has 8 heteroatoms. The van der Waals surface area contributed by atoms with Gasteiger partial charge in [-0.2, -0.15) is 4.98 Å². The number of hydrogen-bond acceptors (Lipinski definition) is 7. The number of aliphatic hydroxyl groups is 1. The van der Waals surface area contributed by atoms with E-state index in [0.29, 0.717) is 16.7 Å².